The molecule has 206 valence electrons. The molecule has 0 spiro atoms. The van der Waals surface area contributed by atoms with Gasteiger partial charge in [-0.3, -0.25) is 0 Å². The van der Waals surface area contributed by atoms with Crippen LogP contribution in [0.1, 0.15) is 69.8 Å². The average molecular weight is 564 g/mol. The third-order valence-corrected chi connectivity index (χ3v) is 8.30. The van der Waals surface area contributed by atoms with Crippen molar-refractivity contribution >= 4 is 42.8 Å². The van der Waals surface area contributed by atoms with Gasteiger partial charge >= 0.3 is 0 Å². The lowest BCUT2D eigenvalue weighted by atomic mass is 10.1. The minimum Gasteiger partial charge on any atom is -0.323 e. The summed E-state index contributed by atoms with van der Waals surface area (Å²) in [4.78, 5) is 6.25. The number of aryl methyl sites for hydroxylation is 1. The van der Waals surface area contributed by atoms with Crippen LogP contribution < -0.4 is 9.86 Å². The lowest BCUT2D eigenvalue weighted by Gasteiger charge is -2.10. The molecule has 4 N–H and O–H groups in total. The number of benzene rings is 1. The summed E-state index contributed by atoms with van der Waals surface area (Å²) in [5.74, 6) is 0.355. The van der Waals surface area contributed by atoms with E-state index in [0.29, 0.717) is 29.3 Å². The Kier molecular flexibility index (Phi) is 9.71. The lowest BCUT2D eigenvalue weighted by Crippen LogP contribution is -2.30. The number of unbranched alkanes of at least 4 members (excludes halogenated alkanes) is 5. The number of primary sulfonamides is 1. The first-order chi connectivity index (χ1) is 17.9. The van der Waals surface area contributed by atoms with E-state index in [4.69, 9.17) is 11.7 Å². The molecule has 0 saturated carbocycles. The lowest BCUT2D eigenvalue weighted by molar-refractivity contribution is 0.562. The van der Waals surface area contributed by atoms with E-state index >= 15 is 0 Å². The van der Waals surface area contributed by atoms with E-state index in [1.54, 1.807) is 6.92 Å². The van der Waals surface area contributed by atoms with E-state index in [0.717, 1.165) is 31.7 Å². The van der Waals surface area contributed by atoms with Crippen LogP contribution in [0.15, 0.2) is 33.3 Å². The molecule has 0 aliphatic rings. The molecule has 13 nitrogen and oxygen atoms in total. The summed E-state index contributed by atoms with van der Waals surface area (Å²) in [6, 6.07) is 3.74. The standard InChI is InChI=1S/C23H33N9O4S2/c1-5-6-7-8-9-10-13-37(33,34)26-15-16(2)22-27-23-21(17(3)30-32(23)31-22)29-28-19-12-11-18(38(24,35)36)14-20(19)25-4/h11-12,14,16,26H,5-10,13,15H2,1-3H3,(H,27,31)(H2,24,35,36). The molecule has 1 unspecified atom stereocenters. The van der Waals surface area contributed by atoms with Gasteiger partial charge in [-0.15, -0.1) is 14.8 Å². The Morgan fingerprint density at radius 2 is 1.84 bits per heavy atom. The van der Waals surface area contributed by atoms with Gasteiger partial charge in [-0.2, -0.15) is 10.2 Å². The van der Waals surface area contributed by atoms with Crippen molar-refractivity contribution in [2.24, 2.45) is 15.4 Å². The fourth-order valence-electron chi connectivity index (χ4n) is 3.73. The number of azo groups is 1. The molecule has 0 amide bonds. The number of nitrogens with two attached hydrogens (primary N) is 1. The monoisotopic (exact) mass is 563 g/mol. The third-order valence-electron chi connectivity index (χ3n) is 5.96. The molecular formula is C23H33N9O4S2. The Labute approximate surface area is 222 Å². The fourth-order valence-corrected chi connectivity index (χ4v) is 5.49. The van der Waals surface area contributed by atoms with Crippen LogP contribution in [0.4, 0.5) is 17.1 Å². The maximum atomic E-state index is 12.4. The number of nitrogens with one attached hydrogen (secondary N) is 2. The van der Waals surface area contributed by atoms with Gasteiger partial charge in [0.2, 0.25) is 25.7 Å². The molecule has 2 heterocycles. The summed E-state index contributed by atoms with van der Waals surface area (Å²) >= 11 is 0. The second-order valence-corrected chi connectivity index (χ2v) is 12.6. The molecule has 2 aromatic heterocycles. The summed E-state index contributed by atoms with van der Waals surface area (Å²) < 4.78 is 51.9. The van der Waals surface area contributed by atoms with Gasteiger partial charge in [0.05, 0.1) is 28.6 Å². The van der Waals surface area contributed by atoms with Crippen molar-refractivity contribution in [2.45, 2.75) is 70.1 Å². The predicted molar refractivity (Wildman–Crippen MR) is 144 cm³/mol. The Balaban J connectivity index is 1.69. The molecule has 0 aliphatic heterocycles. The van der Waals surface area contributed by atoms with Crippen molar-refractivity contribution < 1.29 is 16.8 Å². The zero-order valence-corrected chi connectivity index (χ0v) is 23.3. The molecule has 0 aliphatic carbocycles. The van der Waals surface area contributed by atoms with Crippen molar-refractivity contribution in [3.05, 3.63) is 41.1 Å². The average Bonchev–Trinajstić information content (AvgIpc) is 3.40. The highest BCUT2D eigenvalue weighted by molar-refractivity contribution is 7.89. The van der Waals surface area contributed by atoms with E-state index in [9.17, 15) is 16.8 Å². The molecule has 0 radical (unpaired) electrons. The van der Waals surface area contributed by atoms with Crippen LogP contribution in [0.25, 0.3) is 10.5 Å². The Bertz CT molecular complexity index is 1550. The van der Waals surface area contributed by atoms with E-state index in [-0.39, 0.29) is 34.5 Å². The quantitative estimate of drug-likeness (QED) is 0.149. The largest absolute Gasteiger partial charge is 0.323 e. The first-order valence-corrected chi connectivity index (χ1v) is 15.5. The number of H-pyrrole nitrogens is 1. The van der Waals surface area contributed by atoms with Gasteiger partial charge in [-0.1, -0.05) is 46.0 Å². The minimum absolute atomic E-state index is 0.0199. The summed E-state index contributed by atoms with van der Waals surface area (Å²) in [7, 11) is -7.34. The smallest absolute Gasteiger partial charge is 0.236 e. The third kappa shape index (κ3) is 7.67. The second kappa shape index (κ2) is 12.6. The molecule has 1 atom stereocenters. The van der Waals surface area contributed by atoms with Gasteiger partial charge in [0.25, 0.3) is 0 Å². The summed E-state index contributed by atoms with van der Waals surface area (Å²) in [6.45, 7) is 13.2. The topological polar surface area (TPSA) is 181 Å². The highest BCUT2D eigenvalue weighted by Gasteiger charge is 2.19. The molecule has 0 fully saturated rings. The van der Waals surface area contributed by atoms with Gasteiger partial charge in [0.15, 0.2) is 11.3 Å². The maximum absolute atomic E-state index is 12.4. The van der Waals surface area contributed by atoms with E-state index in [1.165, 1.54) is 23.2 Å². The summed E-state index contributed by atoms with van der Waals surface area (Å²) in [5, 5.41) is 22.2. The van der Waals surface area contributed by atoms with Gasteiger partial charge in [-0.05, 0) is 31.5 Å². The van der Waals surface area contributed by atoms with Gasteiger partial charge in [-0.25, -0.2) is 31.5 Å². The predicted octanol–water partition coefficient (Wildman–Crippen LogP) is 4.36. The van der Waals surface area contributed by atoms with Crippen LogP contribution in [0, 0.1) is 13.5 Å². The highest BCUT2D eigenvalue weighted by atomic mass is 32.2. The fraction of sp³-hybridized carbons (Fsp3) is 0.522. The molecule has 38 heavy (non-hydrogen) atoms. The molecule has 3 rings (SSSR count). The second-order valence-electron chi connectivity index (χ2n) is 9.13. The Morgan fingerprint density at radius 1 is 1.13 bits per heavy atom. The number of sulfonamides is 2. The van der Waals surface area contributed by atoms with Gasteiger partial charge in [0.1, 0.15) is 5.82 Å². The van der Waals surface area contributed by atoms with Crippen LogP contribution in [-0.2, 0) is 20.0 Å². The van der Waals surface area contributed by atoms with Crippen molar-refractivity contribution in [1.29, 1.82) is 0 Å². The normalized spacial score (nSPS) is 13.3. The SMILES string of the molecule is [C-]#[N+]c1cc(S(N)(=O)=O)ccc1N=Nc1c(C)nn2nc(C(C)CNS(=O)(=O)CCCCCCCC)[nH]c12. The minimum atomic E-state index is -3.96. The van der Waals surface area contributed by atoms with Crippen LogP contribution >= 0.6 is 0 Å². The van der Waals surface area contributed by atoms with E-state index in [1.807, 2.05) is 6.92 Å². The number of hydrogen-bond acceptors (Lipinski definition) is 8. The molecule has 3 aromatic rings. The van der Waals surface area contributed by atoms with Crippen molar-refractivity contribution in [1.82, 2.24) is 24.5 Å². The first kappa shape index (κ1) is 29.4. The van der Waals surface area contributed by atoms with Crippen LogP contribution in [0.3, 0.4) is 0 Å². The zero-order chi connectivity index (χ0) is 27.9. The van der Waals surface area contributed by atoms with Crippen molar-refractivity contribution in [3.8, 4) is 0 Å². The summed E-state index contributed by atoms with van der Waals surface area (Å²) in [6.07, 6.45) is 6.04. The number of aromatic amines is 1. The molecular weight excluding hydrogens is 530 g/mol. The number of rotatable bonds is 14. The zero-order valence-electron chi connectivity index (χ0n) is 21.7. The maximum Gasteiger partial charge on any atom is 0.236 e. The first-order valence-electron chi connectivity index (χ1n) is 12.3. The molecule has 1 aromatic carbocycles. The Morgan fingerprint density at radius 3 is 2.53 bits per heavy atom. The highest BCUT2D eigenvalue weighted by Crippen LogP contribution is 2.33. The van der Waals surface area contributed by atoms with Crippen molar-refractivity contribution in [3.63, 3.8) is 0 Å². The molecule has 15 heteroatoms. The number of fused-ring (bicyclic) bond motifs is 1. The molecule has 0 saturated heterocycles. The van der Waals surface area contributed by atoms with Gasteiger partial charge in [0, 0.05) is 12.5 Å². The number of nitrogens with zero attached hydrogens (tertiary/aromatic N) is 6. The van der Waals surface area contributed by atoms with Crippen LogP contribution in [0.2, 0.25) is 0 Å². The Hall–Kier alpha value is -3.19. The summed E-state index contributed by atoms with van der Waals surface area (Å²) in [5.41, 5.74) is 1.50. The number of aromatic nitrogens is 4. The van der Waals surface area contributed by atoms with E-state index in [2.05, 4.69) is 41.9 Å². The van der Waals surface area contributed by atoms with Crippen LogP contribution in [-0.4, -0.2) is 48.9 Å². The van der Waals surface area contributed by atoms with Gasteiger partial charge < -0.3 is 4.98 Å². The molecule has 0 bridgehead atoms. The number of hydrogen-bond donors (Lipinski definition) is 3. The van der Waals surface area contributed by atoms with Crippen LogP contribution in [0.5, 0.6) is 0 Å². The van der Waals surface area contributed by atoms with Crippen molar-refractivity contribution in [2.75, 3.05) is 12.3 Å². The van der Waals surface area contributed by atoms with E-state index < -0.39 is 20.0 Å².